The van der Waals surface area contributed by atoms with Crippen molar-refractivity contribution in [1.82, 2.24) is 0 Å². The summed E-state index contributed by atoms with van der Waals surface area (Å²) in [4.78, 5) is 0. The molecular weight excluding hydrogens is 824 g/mol. The van der Waals surface area contributed by atoms with Crippen molar-refractivity contribution in [1.29, 1.82) is 0 Å². The minimum absolute atomic E-state index is 0.0568. The van der Waals surface area contributed by atoms with E-state index in [9.17, 15) is 102 Å². The molecule has 20 unspecified atom stereocenters. The van der Waals surface area contributed by atoms with E-state index in [-0.39, 0.29) is 122 Å². The first kappa shape index (κ1) is 61.2. The summed E-state index contributed by atoms with van der Waals surface area (Å²) >= 11 is 0. The van der Waals surface area contributed by atoms with Crippen LogP contribution in [0, 0.1) is 0 Å². The summed E-state index contributed by atoms with van der Waals surface area (Å²) in [5.74, 6) is 0. The van der Waals surface area contributed by atoms with Gasteiger partial charge in [0.2, 0.25) is 0 Å². The molecule has 20 heteroatoms. The summed E-state index contributed by atoms with van der Waals surface area (Å²) in [5.41, 5.74) is 0. The van der Waals surface area contributed by atoms with Crippen LogP contribution in [0.3, 0.4) is 0 Å². The lowest BCUT2D eigenvalue weighted by atomic mass is 9.93. The van der Waals surface area contributed by atoms with Gasteiger partial charge in [-0.25, -0.2) is 0 Å². The van der Waals surface area contributed by atoms with Crippen molar-refractivity contribution >= 4 is 0 Å². The predicted molar refractivity (Wildman–Crippen MR) is 224 cm³/mol. The lowest BCUT2D eigenvalue weighted by Crippen LogP contribution is -2.31. The molecule has 0 aliphatic rings. The standard InChI is InChI=1S/C42H86O20/c1-3-24(44)5-26(46)7-28(48)9-30(50)11-32(52)13-34(54)15-36(56)17-38(58)19-40(60)21-42(62)22-41(61)20-39(59)18-37(57)16-35(55)14-33(53)12-31(51)10-29(49)8-27(47)6-25(45)4-23(2)43/h23-62H,3-22H2,1-2H3. The van der Waals surface area contributed by atoms with Gasteiger partial charge in [0.1, 0.15) is 0 Å². The average molecular weight is 911 g/mol. The van der Waals surface area contributed by atoms with Crippen molar-refractivity contribution in [2.45, 2.75) is 264 Å². The summed E-state index contributed by atoms with van der Waals surface area (Å²) < 4.78 is 0. The highest BCUT2D eigenvalue weighted by atomic mass is 16.3. The third-order valence-electron chi connectivity index (χ3n) is 10.9. The Kier molecular flexibility index (Phi) is 33.2. The highest BCUT2D eigenvalue weighted by Crippen LogP contribution is 2.21. The summed E-state index contributed by atoms with van der Waals surface area (Å²) in [5, 5.41) is 203. The van der Waals surface area contributed by atoms with Gasteiger partial charge in [-0.05, 0) is 135 Å². The van der Waals surface area contributed by atoms with Gasteiger partial charge < -0.3 is 102 Å². The zero-order valence-electron chi connectivity index (χ0n) is 36.6. The van der Waals surface area contributed by atoms with Gasteiger partial charge in [-0.15, -0.1) is 0 Å². The molecule has 0 heterocycles. The molecule has 0 aliphatic carbocycles. The van der Waals surface area contributed by atoms with Crippen molar-refractivity contribution < 1.29 is 102 Å². The van der Waals surface area contributed by atoms with E-state index in [0.717, 1.165) is 0 Å². The summed E-state index contributed by atoms with van der Waals surface area (Å²) in [6.45, 7) is 3.24. The molecule has 0 aromatic rings. The van der Waals surface area contributed by atoms with Crippen LogP contribution in [0.4, 0.5) is 0 Å². The number of aliphatic hydroxyl groups is 20. The number of hydrogen-bond donors (Lipinski definition) is 20. The van der Waals surface area contributed by atoms with E-state index >= 15 is 0 Å². The van der Waals surface area contributed by atoms with E-state index in [4.69, 9.17) is 0 Å². The second-order valence-corrected chi connectivity index (χ2v) is 18.2. The van der Waals surface area contributed by atoms with Crippen LogP contribution in [0.15, 0.2) is 0 Å². The molecule has 0 fully saturated rings. The van der Waals surface area contributed by atoms with Crippen LogP contribution >= 0.6 is 0 Å². The Morgan fingerprint density at radius 3 is 0.371 bits per heavy atom. The van der Waals surface area contributed by atoms with Crippen LogP contribution in [0.2, 0.25) is 0 Å². The highest BCUT2D eigenvalue weighted by Gasteiger charge is 2.27. The Hall–Kier alpha value is -0.800. The first-order chi connectivity index (χ1) is 28.8. The lowest BCUT2D eigenvalue weighted by molar-refractivity contribution is -0.0177. The summed E-state index contributed by atoms with van der Waals surface area (Å²) in [6, 6.07) is 0. The van der Waals surface area contributed by atoms with Crippen LogP contribution in [0.25, 0.3) is 0 Å². The van der Waals surface area contributed by atoms with Crippen molar-refractivity contribution in [2.75, 3.05) is 0 Å². The maximum absolute atomic E-state index is 10.4. The van der Waals surface area contributed by atoms with Crippen molar-refractivity contribution in [3.05, 3.63) is 0 Å². The average Bonchev–Trinajstić information content (AvgIpc) is 3.05. The topological polar surface area (TPSA) is 405 Å². The molecule has 20 nitrogen and oxygen atoms in total. The Morgan fingerprint density at radius 2 is 0.274 bits per heavy atom. The maximum atomic E-state index is 10.4. The smallest absolute Gasteiger partial charge is 0.0589 e. The second-order valence-electron chi connectivity index (χ2n) is 18.2. The minimum atomic E-state index is -1.26. The van der Waals surface area contributed by atoms with E-state index in [1.54, 1.807) is 6.92 Å². The van der Waals surface area contributed by atoms with E-state index in [1.165, 1.54) is 6.92 Å². The molecule has 62 heavy (non-hydrogen) atoms. The molecule has 0 aromatic heterocycles. The molecule has 20 N–H and O–H groups in total. The van der Waals surface area contributed by atoms with Gasteiger partial charge in [0, 0.05) is 0 Å². The van der Waals surface area contributed by atoms with Crippen molar-refractivity contribution in [3.8, 4) is 0 Å². The Bertz CT molecular complexity index is 1070. The zero-order valence-corrected chi connectivity index (χ0v) is 36.6. The van der Waals surface area contributed by atoms with Crippen LogP contribution < -0.4 is 0 Å². The van der Waals surface area contributed by atoms with E-state index in [0.29, 0.717) is 6.42 Å². The van der Waals surface area contributed by atoms with E-state index in [2.05, 4.69) is 0 Å². The van der Waals surface area contributed by atoms with Crippen LogP contribution in [0.5, 0.6) is 0 Å². The molecule has 0 amide bonds. The minimum Gasteiger partial charge on any atom is -0.393 e. The van der Waals surface area contributed by atoms with Gasteiger partial charge in [0.25, 0.3) is 0 Å². The molecular formula is C42H86O20. The van der Waals surface area contributed by atoms with Gasteiger partial charge in [-0.2, -0.15) is 0 Å². The van der Waals surface area contributed by atoms with Gasteiger partial charge in [0.05, 0.1) is 122 Å². The molecule has 0 spiro atoms. The second kappa shape index (κ2) is 33.6. The third-order valence-corrected chi connectivity index (χ3v) is 10.9. The Morgan fingerprint density at radius 1 is 0.177 bits per heavy atom. The molecule has 0 saturated heterocycles. The molecule has 374 valence electrons. The third kappa shape index (κ3) is 33.6. The Balaban J connectivity index is 4.42. The SMILES string of the molecule is CCC(O)CC(O)CC(O)CC(O)CC(O)CC(O)CC(O)CC(O)CC(O)CC(O)CC(O)CC(O)CC(O)CC(O)CC(O)CC(O)CC(O)CC(O)CC(O)CC(C)O. The highest BCUT2D eigenvalue weighted by molar-refractivity contribution is 4.80. The fourth-order valence-electron chi connectivity index (χ4n) is 7.95. The van der Waals surface area contributed by atoms with Gasteiger partial charge >= 0.3 is 0 Å². The summed E-state index contributed by atoms with van der Waals surface area (Å²) in [6.07, 6.45) is -25.7. The molecule has 0 aromatic carbocycles. The first-order valence-corrected chi connectivity index (χ1v) is 22.4. The van der Waals surface area contributed by atoms with Gasteiger partial charge in [0.15, 0.2) is 0 Å². The molecule has 20 atom stereocenters. The molecule has 0 bridgehead atoms. The van der Waals surface area contributed by atoms with Gasteiger partial charge in [-0.3, -0.25) is 0 Å². The van der Waals surface area contributed by atoms with Crippen molar-refractivity contribution in [3.63, 3.8) is 0 Å². The first-order valence-electron chi connectivity index (χ1n) is 22.4. The lowest BCUT2D eigenvalue weighted by Gasteiger charge is -2.25. The van der Waals surface area contributed by atoms with E-state index < -0.39 is 122 Å². The number of aliphatic hydroxyl groups excluding tert-OH is 20. The van der Waals surface area contributed by atoms with Gasteiger partial charge in [-0.1, -0.05) is 6.92 Å². The zero-order chi connectivity index (χ0) is 47.7. The monoisotopic (exact) mass is 911 g/mol. The fraction of sp³-hybridized carbons (Fsp3) is 1.00. The largest absolute Gasteiger partial charge is 0.393 e. The Labute approximate surface area is 366 Å². The molecule has 0 rings (SSSR count). The quantitative estimate of drug-likeness (QED) is 0.0280. The predicted octanol–water partition coefficient (Wildman–Crippen LogP) is -3.95. The molecule has 0 aliphatic heterocycles. The van der Waals surface area contributed by atoms with Crippen LogP contribution in [0.1, 0.15) is 142 Å². The molecule has 0 radical (unpaired) electrons. The van der Waals surface area contributed by atoms with E-state index in [1.807, 2.05) is 0 Å². The van der Waals surface area contributed by atoms with Crippen LogP contribution in [-0.4, -0.2) is 224 Å². The fourth-order valence-corrected chi connectivity index (χ4v) is 7.95. The summed E-state index contributed by atoms with van der Waals surface area (Å²) in [7, 11) is 0. The molecule has 0 saturated carbocycles. The number of hydrogen-bond acceptors (Lipinski definition) is 20. The normalized spacial score (nSPS) is 22.4. The number of rotatable bonds is 39. The maximum Gasteiger partial charge on any atom is 0.0589 e. The van der Waals surface area contributed by atoms with Crippen molar-refractivity contribution in [2.24, 2.45) is 0 Å². The van der Waals surface area contributed by atoms with Crippen LogP contribution in [-0.2, 0) is 0 Å².